The summed E-state index contributed by atoms with van der Waals surface area (Å²) in [5, 5.41) is 0. The van der Waals surface area contributed by atoms with Gasteiger partial charge in [0.05, 0.1) is 16.0 Å². The predicted molar refractivity (Wildman–Crippen MR) is 59.1 cm³/mol. The van der Waals surface area contributed by atoms with E-state index in [0.29, 0.717) is 4.47 Å². The van der Waals surface area contributed by atoms with Crippen molar-refractivity contribution < 1.29 is 8.76 Å². The third kappa shape index (κ3) is 2.12. The standard InChI is InChI=1S/C8H6ClNO2S2/c9-8-10-6-2-1-5(4-14(11)12)3-7(6)13-8/h1-3H,4H2,(H,11,12). The second-order valence-corrected chi connectivity index (χ2v) is 5.28. The molecule has 0 bridgehead atoms. The molecule has 1 N–H and O–H groups in total. The summed E-state index contributed by atoms with van der Waals surface area (Å²) >= 11 is 5.30. The molecule has 1 unspecified atom stereocenters. The van der Waals surface area contributed by atoms with Crippen LogP contribution in [0.15, 0.2) is 18.2 Å². The molecule has 0 aliphatic carbocycles. The van der Waals surface area contributed by atoms with Crippen molar-refractivity contribution in [2.24, 2.45) is 0 Å². The van der Waals surface area contributed by atoms with Gasteiger partial charge < -0.3 is 4.55 Å². The van der Waals surface area contributed by atoms with Crippen LogP contribution in [0, 0.1) is 0 Å². The molecule has 2 rings (SSSR count). The van der Waals surface area contributed by atoms with Gasteiger partial charge in [-0.05, 0) is 17.7 Å². The van der Waals surface area contributed by atoms with Crippen molar-refractivity contribution in [3.05, 3.63) is 28.2 Å². The Bertz CT molecular complexity index is 497. The molecule has 1 aromatic heterocycles. The molecule has 6 heteroatoms. The van der Waals surface area contributed by atoms with Gasteiger partial charge in [-0.2, -0.15) is 0 Å². The van der Waals surface area contributed by atoms with Crippen LogP contribution in [0.3, 0.4) is 0 Å². The van der Waals surface area contributed by atoms with E-state index in [1.165, 1.54) is 11.3 Å². The summed E-state index contributed by atoms with van der Waals surface area (Å²) in [5.74, 6) is 0.144. The molecule has 0 radical (unpaired) electrons. The Labute approximate surface area is 92.0 Å². The summed E-state index contributed by atoms with van der Waals surface area (Å²) in [6, 6.07) is 5.43. The highest BCUT2D eigenvalue weighted by Crippen LogP contribution is 2.26. The molecule has 1 atom stereocenters. The van der Waals surface area contributed by atoms with Crippen molar-refractivity contribution in [3.8, 4) is 0 Å². The van der Waals surface area contributed by atoms with Crippen LogP contribution in [-0.2, 0) is 16.8 Å². The maximum Gasteiger partial charge on any atom is 0.184 e. The summed E-state index contributed by atoms with van der Waals surface area (Å²) in [5.41, 5.74) is 1.64. The lowest BCUT2D eigenvalue weighted by Crippen LogP contribution is -1.91. The van der Waals surface area contributed by atoms with Crippen LogP contribution in [0.4, 0.5) is 0 Å². The fourth-order valence-corrected chi connectivity index (χ4v) is 2.73. The molecule has 2 aromatic rings. The fourth-order valence-electron chi connectivity index (χ4n) is 1.17. The number of benzene rings is 1. The van der Waals surface area contributed by atoms with E-state index in [2.05, 4.69) is 4.98 Å². The summed E-state index contributed by atoms with van der Waals surface area (Å²) in [7, 11) is 0. The Balaban J connectivity index is 2.45. The number of nitrogens with zero attached hydrogens (tertiary/aromatic N) is 1. The van der Waals surface area contributed by atoms with Gasteiger partial charge in [0.25, 0.3) is 0 Å². The van der Waals surface area contributed by atoms with Gasteiger partial charge in [0, 0.05) is 0 Å². The first-order valence-corrected chi connectivity index (χ1v) is 6.24. The number of thiazole rings is 1. The summed E-state index contributed by atoms with van der Waals surface area (Å²) in [6.07, 6.45) is 0. The maximum atomic E-state index is 10.6. The Morgan fingerprint density at radius 1 is 1.57 bits per heavy atom. The lowest BCUT2D eigenvalue weighted by molar-refractivity contribution is 0.563. The van der Waals surface area contributed by atoms with E-state index in [1.807, 2.05) is 6.07 Å². The van der Waals surface area contributed by atoms with Crippen molar-refractivity contribution >= 4 is 44.2 Å². The van der Waals surface area contributed by atoms with Crippen molar-refractivity contribution in [3.63, 3.8) is 0 Å². The van der Waals surface area contributed by atoms with Gasteiger partial charge in [0.1, 0.15) is 0 Å². The van der Waals surface area contributed by atoms with Crippen LogP contribution < -0.4 is 0 Å². The second kappa shape index (κ2) is 3.94. The molecule has 14 heavy (non-hydrogen) atoms. The van der Waals surface area contributed by atoms with Crippen molar-refractivity contribution in [1.82, 2.24) is 4.98 Å². The lowest BCUT2D eigenvalue weighted by Gasteiger charge is -1.95. The first kappa shape index (κ1) is 10.0. The number of hydrogen-bond acceptors (Lipinski definition) is 3. The smallest absolute Gasteiger partial charge is 0.184 e. The monoisotopic (exact) mass is 247 g/mol. The molecule has 0 amide bonds. The SMILES string of the molecule is O=S(O)Cc1ccc2nc(Cl)sc2c1. The number of halogens is 1. The van der Waals surface area contributed by atoms with Crippen molar-refractivity contribution in [1.29, 1.82) is 0 Å². The molecule has 3 nitrogen and oxygen atoms in total. The molecule has 1 aromatic carbocycles. The van der Waals surface area contributed by atoms with Crippen molar-refractivity contribution in [2.45, 2.75) is 5.75 Å². The van der Waals surface area contributed by atoms with Gasteiger partial charge in [-0.1, -0.05) is 17.7 Å². The molecule has 0 aliphatic rings. The summed E-state index contributed by atoms with van der Waals surface area (Å²) < 4.78 is 20.7. The van der Waals surface area contributed by atoms with E-state index in [1.54, 1.807) is 12.1 Å². The summed E-state index contributed by atoms with van der Waals surface area (Å²) in [6.45, 7) is 0. The fraction of sp³-hybridized carbons (Fsp3) is 0.125. The zero-order valence-corrected chi connectivity index (χ0v) is 9.33. The second-order valence-electron chi connectivity index (χ2n) is 2.73. The highest BCUT2D eigenvalue weighted by Gasteiger charge is 2.04. The Hall–Kier alpha value is -0.490. The Morgan fingerprint density at radius 3 is 3.07 bits per heavy atom. The highest BCUT2D eigenvalue weighted by molar-refractivity contribution is 7.78. The van der Waals surface area contributed by atoms with Crippen LogP contribution in [-0.4, -0.2) is 13.7 Å². The normalized spacial score (nSPS) is 13.3. The number of fused-ring (bicyclic) bond motifs is 1. The van der Waals surface area contributed by atoms with E-state index in [9.17, 15) is 4.21 Å². The minimum absolute atomic E-state index is 0.144. The number of aromatic nitrogens is 1. The molecule has 74 valence electrons. The zero-order valence-electron chi connectivity index (χ0n) is 6.94. The van der Waals surface area contributed by atoms with Gasteiger partial charge in [0.2, 0.25) is 0 Å². The molecule has 0 saturated heterocycles. The topological polar surface area (TPSA) is 50.2 Å². The van der Waals surface area contributed by atoms with E-state index < -0.39 is 11.1 Å². The Kier molecular flexibility index (Phi) is 2.83. The quantitative estimate of drug-likeness (QED) is 0.830. The summed E-state index contributed by atoms with van der Waals surface area (Å²) in [4.78, 5) is 4.08. The van der Waals surface area contributed by atoms with Crippen LogP contribution in [0.5, 0.6) is 0 Å². The van der Waals surface area contributed by atoms with E-state index in [4.69, 9.17) is 16.2 Å². The molecule has 0 saturated carbocycles. The third-order valence-corrected chi connectivity index (χ3v) is 3.42. The minimum Gasteiger partial charge on any atom is -0.306 e. The van der Waals surface area contributed by atoms with Gasteiger partial charge in [-0.3, -0.25) is 0 Å². The van der Waals surface area contributed by atoms with Crippen molar-refractivity contribution in [2.75, 3.05) is 0 Å². The number of rotatable bonds is 2. The Morgan fingerprint density at radius 2 is 2.36 bits per heavy atom. The van der Waals surface area contributed by atoms with Crippen LogP contribution >= 0.6 is 22.9 Å². The average Bonchev–Trinajstić information content (AvgIpc) is 2.42. The van der Waals surface area contributed by atoms with Gasteiger partial charge in [-0.15, -0.1) is 11.3 Å². The highest BCUT2D eigenvalue weighted by atomic mass is 35.5. The van der Waals surface area contributed by atoms with E-state index >= 15 is 0 Å². The third-order valence-electron chi connectivity index (χ3n) is 1.72. The average molecular weight is 248 g/mol. The maximum absolute atomic E-state index is 10.6. The first-order chi connectivity index (χ1) is 6.65. The zero-order chi connectivity index (χ0) is 10.1. The molecule has 1 heterocycles. The molecular formula is C8H6ClNO2S2. The van der Waals surface area contributed by atoms with Gasteiger partial charge >= 0.3 is 0 Å². The van der Waals surface area contributed by atoms with E-state index in [0.717, 1.165) is 15.8 Å². The van der Waals surface area contributed by atoms with E-state index in [-0.39, 0.29) is 5.75 Å². The lowest BCUT2D eigenvalue weighted by atomic mass is 10.2. The predicted octanol–water partition coefficient (Wildman–Crippen LogP) is 2.67. The molecule has 0 aliphatic heterocycles. The van der Waals surface area contributed by atoms with Gasteiger partial charge in [0.15, 0.2) is 15.5 Å². The largest absolute Gasteiger partial charge is 0.306 e. The van der Waals surface area contributed by atoms with Crippen LogP contribution in [0.2, 0.25) is 4.47 Å². The van der Waals surface area contributed by atoms with Crippen LogP contribution in [0.25, 0.3) is 10.2 Å². The van der Waals surface area contributed by atoms with Gasteiger partial charge in [-0.25, -0.2) is 9.19 Å². The number of hydrogen-bond donors (Lipinski definition) is 1. The minimum atomic E-state index is -1.80. The molecular weight excluding hydrogens is 242 g/mol. The first-order valence-electron chi connectivity index (χ1n) is 3.77. The van der Waals surface area contributed by atoms with Crippen LogP contribution in [0.1, 0.15) is 5.56 Å². The molecule has 0 fully saturated rings. The molecule has 0 spiro atoms.